The summed E-state index contributed by atoms with van der Waals surface area (Å²) in [5.41, 5.74) is 5.87. The van der Waals surface area contributed by atoms with E-state index in [-0.39, 0.29) is 5.91 Å². The minimum Gasteiger partial charge on any atom is -0.337 e. The van der Waals surface area contributed by atoms with Crippen LogP contribution in [0.1, 0.15) is 57.5 Å². The number of rotatable bonds is 4. The van der Waals surface area contributed by atoms with Crippen molar-refractivity contribution >= 4 is 17.5 Å². The summed E-state index contributed by atoms with van der Waals surface area (Å²) >= 11 is 6.00. The maximum Gasteiger partial charge on any atom is 0.274 e. The van der Waals surface area contributed by atoms with Crippen LogP contribution in [-0.2, 0) is 6.42 Å². The summed E-state index contributed by atoms with van der Waals surface area (Å²) in [4.78, 5) is 27.8. The highest BCUT2D eigenvalue weighted by Gasteiger charge is 2.26. The summed E-state index contributed by atoms with van der Waals surface area (Å²) in [7, 11) is 0. The molecular weight excluding hydrogens is 396 g/mol. The van der Waals surface area contributed by atoms with Crippen LogP contribution in [0.2, 0.25) is 5.02 Å². The van der Waals surface area contributed by atoms with Gasteiger partial charge in [0.2, 0.25) is 0 Å². The lowest BCUT2D eigenvalue weighted by Crippen LogP contribution is -2.38. The van der Waals surface area contributed by atoms with Gasteiger partial charge < -0.3 is 4.90 Å². The van der Waals surface area contributed by atoms with E-state index >= 15 is 0 Å². The third-order valence-electron chi connectivity index (χ3n) is 5.56. The van der Waals surface area contributed by atoms with Gasteiger partial charge in [-0.3, -0.25) is 14.8 Å². The van der Waals surface area contributed by atoms with Crippen molar-refractivity contribution < 1.29 is 4.79 Å². The van der Waals surface area contributed by atoms with Crippen molar-refractivity contribution in [2.75, 3.05) is 13.1 Å². The van der Waals surface area contributed by atoms with E-state index in [1.54, 1.807) is 12.4 Å². The molecule has 2 aromatic heterocycles. The number of likely N-dealkylation sites (tertiary alicyclic amines) is 1. The van der Waals surface area contributed by atoms with Crippen molar-refractivity contribution in [3.8, 4) is 0 Å². The lowest BCUT2D eigenvalue weighted by atomic mass is 9.91. The van der Waals surface area contributed by atoms with Crippen molar-refractivity contribution in [2.24, 2.45) is 0 Å². The number of nitrogens with zero attached hydrogens (tertiary/aromatic N) is 4. The molecule has 0 bridgehead atoms. The number of pyridine rings is 1. The molecule has 0 spiro atoms. The summed E-state index contributed by atoms with van der Waals surface area (Å²) in [6.07, 6.45) is 5.87. The predicted molar refractivity (Wildman–Crippen MR) is 118 cm³/mol. The Balaban J connectivity index is 1.42. The molecule has 4 rings (SSSR count). The number of aryl methyl sites for hydroxylation is 2. The maximum atomic E-state index is 12.7. The molecule has 0 aliphatic carbocycles. The average Bonchev–Trinajstić information content (AvgIpc) is 2.75. The number of hydrogen-bond acceptors (Lipinski definition) is 4. The molecule has 1 aliphatic rings. The van der Waals surface area contributed by atoms with Crippen molar-refractivity contribution in [2.45, 2.75) is 39.0 Å². The molecule has 0 unspecified atom stereocenters. The van der Waals surface area contributed by atoms with Crippen LogP contribution < -0.4 is 0 Å². The second kappa shape index (κ2) is 8.92. The summed E-state index contributed by atoms with van der Waals surface area (Å²) in [5.74, 6) is 0.323. The second-order valence-corrected chi connectivity index (χ2v) is 8.39. The first-order chi connectivity index (χ1) is 14.5. The van der Waals surface area contributed by atoms with Crippen LogP contribution in [0.5, 0.6) is 0 Å². The van der Waals surface area contributed by atoms with Crippen LogP contribution in [0, 0.1) is 13.8 Å². The average molecular weight is 421 g/mol. The number of amides is 1. The highest BCUT2D eigenvalue weighted by atomic mass is 35.5. The van der Waals surface area contributed by atoms with E-state index in [1.165, 1.54) is 11.1 Å². The molecule has 1 fully saturated rings. The lowest BCUT2D eigenvalue weighted by Gasteiger charge is -2.31. The van der Waals surface area contributed by atoms with Crippen molar-refractivity contribution in [3.05, 3.63) is 87.7 Å². The van der Waals surface area contributed by atoms with Crippen LogP contribution in [0.3, 0.4) is 0 Å². The molecule has 3 aromatic rings. The zero-order chi connectivity index (χ0) is 21.1. The number of benzene rings is 1. The maximum absolute atomic E-state index is 12.7. The number of hydrogen-bond donors (Lipinski definition) is 0. The molecule has 0 N–H and O–H groups in total. The van der Waals surface area contributed by atoms with E-state index in [0.717, 1.165) is 41.4 Å². The molecule has 1 saturated heterocycles. The third kappa shape index (κ3) is 4.85. The summed E-state index contributed by atoms with van der Waals surface area (Å²) in [5, 5.41) is 0.753. The third-order valence-corrected chi connectivity index (χ3v) is 5.81. The van der Waals surface area contributed by atoms with Gasteiger partial charge >= 0.3 is 0 Å². The Labute approximate surface area is 182 Å². The SMILES string of the molecule is Cc1cnc(C(=O)N2CCC(c3cc(Cc4ccc(Cl)cc4)cc(C)n3)CC2)cn1. The van der Waals surface area contributed by atoms with Crippen LogP contribution in [-0.4, -0.2) is 38.8 Å². The zero-order valence-corrected chi connectivity index (χ0v) is 18.1. The zero-order valence-electron chi connectivity index (χ0n) is 17.3. The topological polar surface area (TPSA) is 59.0 Å². The highest BCUT2D eigenvalue weighted by Crippen LogP contribution is 2.29. The van der Waals surface area contributed by atoms with E-state index < -0.39 is 0 Å². The monoisotopic (exact) mass is 420 g/mol. The van der Waals surface area contributed by atoms with Gasteiger partial charge in [0.25, 0.3) is 5.91 Å². The Morgan fingerprint density at radius 3 is 2.40 bits per heavy atom. The fraction of sp³-hybridized carbons (Fsp3) is 0.333. The molecule has 0 saturated carbocycles. The number of piperidine rings is 1. The van der Waals surface area contributed by atoms with Crippen molar-refractivity contribution in [3.63, 3.8) is 0 Å². The molecule has 1 aliphatic heterocycles. The first kappa shape index (κ1) is 20.5. The van der Waals surface area contributed by atoms with Gasteiger partial charge in [-0.05, 0) is 68.5 Å². The largest absolute Gasteiger partial charge is 0.337 e. The number of carbonyl (C=O) groups excluding carboxylic acids is 1. The first-order valence-corrected chi connectivity index (χ1v) is 10.7. The molecular formula is C24H25ClN4O. The van der Waals surface area contributed by atoms with Crippen LogP contribution in [0.4, 0.5) is 0 Å². The van der Waals surface area contributed by atoms with Gasteiger partial charge in [-0.1, -0.05) is 23.7 Å². The fourth-order valence-corrected chi connectivity index (χ4v) is 4.09. The second-order valence-electron chi connectivity index (χ2n) is 7.95. The summed E-state index contributed by atoms with van der Waals surface area (Å²) < 4.78 is 0. The smallest absolute Gasteiger partial charge is 0.274 e. The quantitative estimate of drug-likeness (QED) is 0.611. The first-order valence-electron chi connectivity index (χ1n) is 10.3. The van der Waals surface area contributed by atoms with Gasteiger partial charge in [0, 0.05) is 41.6 Å². The Hall–Kier alpha value is -2.79. The molecule has 154 valence electrons. The number of halogens is 1. The van der Waals surface area contributed by atoms with Gasteiger partial charge in [-0.15, -0.1) is 0 Å². The van der Waals surface area contributed by atoms with Crippen molar-refractivity contribution in [1.82, 2.24) is 19.9 Å². The van der Waals surface area contributed by atoms with Gasteiger partial charge in [0.15, 0.2) is 0 Å². The van der Waals surface area contributed by atoms with Gasteiger partial charge in [0.1, 0.15) is 5.69 Å². The molecule has 6 heteroatoms. The normalized spacial score (nSPS) is 14.7. The van der Waals surface area contributed by atoms with E-state index in [0.29, 0.717) is 24.7 Å². The van der Waals surface area contributed by atoms with E-state index in [1.807, 2.05) is 30.9 Å². The Kier molecular flexibility index (Phi) is 6.09. The molecule has 3 heterocycles. The minimum atomic E-state index is -0.0402. The van der Waals surface area contributed by atoms with Gasteiger partial charge in [0.05, 0.1) is 11.9 Å². The van der Waals surface area contributed by atoms with Gasteiger partial charge in [-0.25, -0.2) is 4.98 Å². The highest BCUT2D eigenvalue weighted by molar-refractivity contribution is 6.30. The predicted octanol–water partition coefficient (Wildman–Crippen LogP) is 4.75. The Bertz CT molecular complexity index is 1030. The fourth-order valence-electron chi connectivity index (χ4n) is 3.96. The van der Waals surface area contributed by atoms with Crippen molar-refractivity contribution in [1.29, 1.82) is 0 Å². The molecule has 5 nitrogen and oxygen atoms in total. The molecule has 1 amide bonds. The lowest BCUT2D eigenvalue weighted by molar-refractivity contribution is 0.0705. The van der Waals surface area contributed by atoms with Crippen LogP contribution >= 0.6 is 11.6 Å². The molecule has 0 atom stereocenters. The number of carbonyl (C=O) groups is 1. The summed E-state index contributed by atoms with van der Waals surface area (Å²) in [6.45, 7) is 5.33. The summed E-state index contributed by atoms with van der Waals surface area (Å²) in [6, 6.07) is 12.3. The van der Waals surface area contributed by atoms with Crippen LogP contribution in [0.15, 0.2) is 48.8 Å². The van der Waals surface area contributed by atoms with Crippen LogP contribution in [0.25, 0.3) is 0 Å². The molecule has 30 heavy (non-hydrogen) atoms. The van der Waals surface area contributed by atoms with Gasteiger partial charge in [-0.2, -0.15) is 0 Å². The van der Waals surface area contributed by atoms with E-state index in [9.17, 15) is 4.79 Å². The molecule has 0 radical (unpaired) electrons. The molecule has 1 aromatic carbocycles. The standard InChI is InChI=1S/C24H25ClN4O/c1-16-11-19(12-18-3-5-21(25)6-4-18)13-22(28-16)20-7-9-29(10-8-20)24(30)23-15-26-17(2)14-27-23/h3-6,11,13-15,20H,7-10,12H2,1-2H3. The Morgan fingerprint density at radius 1 is 1.00 bits per heavy atom. The van der Waals surface area contributed by atoms with E-state index in [2.05, 4.69) is 34.2 Å². The minimum absolute atomic E-state index is 0.0402. The number of aromatic nitrogens is 3. The van der Waals surface area contributed by atoms with E-state index in [4.69, 9.17) is 16.6 Å². The Morgan fingerprint density at radius 2 is 1.73 bits per heavy atom.